The Kier molecular flexibility index (Phi) is 4.40. The first-order chi connectivity index (χ1) is 8.26. The average Bonchev–Trinajstić information content (AvgIpc) is 2.62. The highest BCUT2D eigenvalue weighted by Gasteiger charge is 2.07. The van der Waals surface area contributed by atoms with Gasteiger partial charge in [0.15, 0.2) is 0 Å². The van der Waals surface area contributed by atoms with Gasteiger partial charge in [-0.15, -0.1) is 0 Å². The summed E-state index contributed by atoms with van der Waals surface area (Å²) in [6.45, 7) is 2.98. The highest BCUT2D eigenvalue weighted by Crippen LogP contribution is 2.20. The van der Waals surface area contributed by atoms with E-state index in [9.17, 15) is 4.79 Å². The van der Waals surface area contributed by atoms with E-state index < -0.39 is 0 Å². The molecule has 0 radical (unpaired) electrons. The van der Waals surface area contributed by atoms with Gasteiger partial charge in [0, 0.05) is 11.9 Å². The van der Waals surface area contributed by atoms with Gasteiger partial charge in [-0.1, -0.05) is 46.7 Å². The number of halogens is 1. The molecule has 4 heteroatoms. The molecule has 92 valence electrons. The predicted molar refractivity (Wildman–Crippen MR) is 78.5 cm³/mol. The molecule has 1 aromatic carbocycles. The number of fused-ring (bicyclic) bond motifs is 1. The maximum atomic E-state index is 11.9. The third-order valence-corrected chi connectivity index (χ3v) is 4.29. The van der Waals surface area contributed by atoms with Crippen LogP contribution in [0.5, 0.6) is 0 Å². The van der Waals surface area contributed by atoms with Gasteiger partial charge >= 0.3 is 4.87 Å². The molecule has 0 amide bonds. The summed E-state index contributed by atoms with van der Waals surface area (Å²) < 4.78 is 3.01. The lowest BCUT2D eigenvalue weighted by atomic mass is 10.1. The molecule has 2 nitrogen and oxygen atoms in total. The normalized spacial score (nSPS) is 11.2. The number of aryl methyl sites for hydroxylation is 2. The number of rotatable bonds is 5. The maximum Gasteiger partial charge on any atom is 0.308 e. The summed E-state index contributed by atoms with van der Waals surface area (Å²) in [6, 6.07) is 6.39. The first kappa shape index (κ1) is 12.8. The van der Waals surface area contributed by atoms with Gasteiger partial charge in [-0.2, -0.15) is 0 Å². The molecule has 0 bridgehead atoms. The van der Waals surface area contributed by atoms with Crippen LogP contribution in [0.4, 0.5) is 0 Å². The summed E-state index contributed by atoms with van der Waals surface area (Å²) in [4.78, 5) is 12.0. The van der Waals surface area contributed by atoms with E-state index in [1.807, 2.05) is 4.57 Å². The molecule has 0 aliphatic heterocycles. The minimum atomic E-state index is 0.162. The molecule has 0 saturated carbocycles. The number of hydrogen-bond donors (Lipinski definition) is 0. The van der Waals surface area contributed by atoms with Gasteiger partial charge in [0.1, 0.15) is 0 Å². The zero-order valence-corrected chi connectivity index (χ0v) is 12.3. The molecule has 0 atom stereocenters. The van der Waals surface area contributed by atoms with Gasteiger partial charge in [-0.25, -0.2) is 0 Å². The third-order valence-electron chi connectivity index (χ3n) is 2.79. The van der Waals surface area contributed by atoms with Crippen LogP contribution in [0, 0.1) is 0 Å². The Balaban J connectivity index is 2.41. The molecular formula is C13H16BrNOS. The standard InChI is InChI=1S/C13H16BrNOS/c1-2-4-10-5-6-11-12(9-10)17-13(16)15(11)8-3-7-14/h5-6,9H,2-4,7-8H2,1H3. The van der Waals surface area contributed by atoms with Crippen LogP contribution in [-0.2, 0) is 13.0 Å². The predicted octanol–water partition coefficient (Wildman–Crippen LogP) is 3.80. The number of alkyl halides is 1. The summed E-state index contributed by atoms with van der Waals surface area (Å²) in [5, 5.41) is 0.935. The largest absolute Gasteiger partial charge is 0.308 e. The van der Waals surface area contributed by atoms with Crippen molar-refractivity contribution in [1.82, 2.24) is 4.57 Å². The number of aromatic nitrogens is 1. The topological polar surface area (TPSA) is 22.0 Å². The first-order valence-corrected chi connectivity index (χ1v) is 7.88. The molecule has 1 heterocycles. The second kappa shape index (κ2) is 5.83. The summed E-state index contributed by atoms with van der Waals surface area (Å²) in [5.41, 5.74) is 2.41. The van der Waals surface area contributed by atoms with E-state index in [0.717, 1.165) is 41.4 Å². The zero-order valence-electron chi connectivity index (χ0n) is 9.91. The second-order valence-corrected chi connectivity index (χ2v) is 5.90. The molecule has 2 aromatic rings. The summed E-state index contributed by atoms with van der Waals surface area (Å²) in [6.07, 6.45) is 3.22. The van der Waals surface area contributed by atoms with E-state index in [4.69, 9.17) is 0 Å². The average molecular weight is 314 g/mol. The van der Waals surface area contributed by atoms with Crippen molar-refractivity contribution in [1.29, 1.82) is 0 Å². The number of thiazole rings is 1. The van der Waals surface area contributed by atoms with Crippen molar-refractivity contribution >= 4 is 37.5 Å². The SMILES string of the molecule is CCCc1ccc2c(c1)sc(=O)n2CCCBr. The van der Waals surface area contributed by atoms with Crippen LogP contribution >= 0.6 is 27.3 Å². The third kappa shape index (κ3) is 2.80. The minimum Gasteiger partial charge on any atom is -0.299 e. The van der Waals surface area contributed by atoms with E-state index in [-0.39, 0.29) is 4.87 Å². The second-order valence-electron chi connectivity index (χ2n) is 4.11. The summed E-state index contributed by atoms with van der Waals surface area (Å²) >= 11 is 4.77. The van der Waals surface area contributed by atoms with Gasteiger partial charge in [0.2, 0.25) is 0 Å². The monoisotopic (exact) mass is 313 g/mol. The van der Waals surface area contributed by atoms with Gasteiger partial charge in [-0.3, -0.25) is 9.36 Å². The lowest BCUT2D eigenvalue weighted by Crippen LogP contribution is -2.12. The lowest BCUT2D eigenvalue weighted by Gasteiger charge is -2.03. The van der Waals surface area contributed by atoms with Crippen molar-refractivity contribution in [2.45, 2.75) is 32.7 Å². The van der Waals surface area contributed by atoms with E-state index in [0.29, 0.717) is 0 Å². The van der Waals surface area contributed by atoms with Crippen molar-refractivity contribution in [3.8, 4) is 0 Å². The molecule has 1 aromatic heterocycles. The van der Waals surface area contributed by atoms with Gasteiger partial charge < -0.3 is 0 Å². The van der Waals surface area contributed by atoms with Crippen LogP contribution in [0.25, 0.3) is 10.2 Å². The van der Waals surface area contributed by atoms with Crippen LogP contribution in [0.15, 0.2) is 23.0 Å². The molecule has 17 heavy (non-hydrogen) atoms. The quantitative estimate of drug-likeness (QED) is 0.770. The molecule has 0 fully saturated rings. The van der Waals surface area contributed by atoms with Crippen LogP contribution in [0.1, 0.15) is 25.3 Å². The Bertz CT molecular complexity index is 558. The Morgan fingerprint density at radius 3 is 2.94 bits per heavy atom. The van der Waals surface area contributed by atoms with Gasteiger partial charge in [0.05, 0.1) is 10.2 Å². The Morgan fingerprint density at radius 2 is 2.24 bits per heavy atom. The highest BCUT2D eigenvalue weighted by molar-refractivity contribution is 9.09. The first-order valence-electron chi connectivity index (χ1n) is 5.94. The van der Waals surface area contributed by atoms with Gasteiger partial charge in [0.25, 0.3) is 0 Å². The van der Waals surface area contributed by atoms with Crippen molar-refractivity contribution < 1.29 is 0 Å². The van der Waals surface area contributed by atoms with Crippen molar-refractivity contribution in [2.24, 2.45) is 0 Å². The summed E-state index contributed by atoms with van der Waals surface area (Å²) in [5.74, 6) is 0. The molecular weight excluding hydrogens is 298 g/mol. The molecule has 0 saturated heterocycles. The smallest absolute Gasteiger partial charge is 0.299 e. The van der Waals surface area contributed by atoms with Crippen LogP contribution in [0.3, 0.4) is 0 Å². The highest BCUT2D eigenvalue weighted by atomic mass is 79.9. The number of benzene rings is 1. The number of nitrogens with zero attached hydrogens (tertiary/aromatic N) is 1. The Morgan fingerprint density at radius 1 is 1.41 bits per heavy atom. The van der Waals surface area contributed by atoms with Crippen LogP contribution in [-0.4, -0.2) is 9.90 Å². The van der Waals surface area contributed by atoms with Crippen LogP contribution < -0.4 is 4.87 Å². The van der Waals surface area contributed by atoms with E-state index in [2.05, 4.69) is 41.1 Å². The maximum absolute atomic E-state index is 11.9. The fourth-order valence-electron chi connectivity index (χ4n) is 1.98. The van der Waals surface area contributed by atoms with E-state index in [1.54, 1.807) is 0 Å². The number of hydrogen-bond acceptors (Lipinski definition) is 2. The van der Waals surface area contributed by atoms with Crippen molar-refractivity contribution in [2.75, 3.05) is 5.33 Å². The van der Waals surface area contributed by atoms with Crippen molar-refractivity contribution in [3.05, 3.63) is 33.4 Å². The lowest BCUT2D eigenvalue weighted by molar-refractivity contribution is 0.698. The molecule has 0 N–H and O–H groups in total. The molecule has 0 aliphatic carbocycles. The minimum absolute atomic E-state index is 0.162. The molecule has 0 aliphatic rings. The Hall–Kier alpha value is -0.610. The fourth-order valence-corrected chi connectivity index (χ4v) is 3.22. The summed E-state index contributed by atoms with van der Waals surface area (Å²) in [7, 11) is 0. The fraction of sp³-hybridized carbons (Fsp3) is 0.462. The molecule has 2 rings (SSSR count). The molecule has 0 spiro atoms. The molecule has 0 unspecified atom stereocenters. The van der Waals surface area contributed by atoms with E-state index in [1.165, 1.54) is 16.9 Å². The van der Waals surface area contributed by atoms with E-state index >= 15 is 0 Å². The zero-order chi connectivity index (χ0) is 12.3. The van der Waals surface area contributed by atoms with Gasteiger partial charge in [-0.05, 0) is 30.5 Å². The Labute approximate surface area is 113 Å². The van der Waals surface area contributed by atoms with Crippen LogP contribution in [0.2, 0.25) is 0 Å². The van der Waals surface area contributed by atoms with Crippen molar-refractivity contribution in [3.63, 3.8) is 0 Å².